The van der Waals surface area contributed by atoms with Crippen LogP contribution in [0.1, 0.15) is 48.5 Å². The summed E-state index contributed by atoms with van der Waals surface area (Å²) < 4.78 is 10.9. The summed E-state index contributed by atoms with van der Waals surface area (Å²) in [5.41, 5.74) is 5.72. The zero-order chi connectivity index (χ0) is 20.9. The van der Waals surface area contributed by atoms with Gasteiger partial charge in [0.1, 0.15) is 0 Å². The lowest BCUT2D eigenvalue weighted by Gasteiger charge is -2.40. The number of carbonyl (C=O) groups excluding carboxylic acids is 2. The molecule has 2 aromatic rings. The summed E-state index contributed by atoms with van der Waals surface area (Å²) in [7, 11) is 1.52. The van der Waals surface area contributed by atoms with E-state index in [1.807, 2.05) is 19.1 Å². The molecule has 0 radical (unpaired) electrons. The van der Waals surface area contributed by atoms with Crippen molar-refractivity contribution in [3.8, 4) is 11.5 Å². The highest BCUT2D eigenvalue weighted by molar-refractivity contribution is 6.30. The summed E-state index contributed by atoms with van der Waals surface area (Å²) in [6, 6.07) is 12.2. The van der Waals surface area contributed by atoms with Gasteiger partial charge in [-0.2, -0.15) is 0 Å². The van der Waals surface area contributed by atoms with E-state index in [0.717, 1.165) is 31.2 Å². The zero-order valence-electron chi connectivity index (χ0n) is 16.6. The normalized spacial score (nSPS) is 14.4. The SMILES string of the molecule is CCCOc1ccc(C(=O)NNC(=O)C2(c3ccc(Cl)cc3)CCC2)cc1OC. The topological polar surface area (TPSA) is 76.7 Å². The van der Waals surface area contributed by atoms with Crippen molar-refractivity contribution in [1.82, 2.24) is 10.9 Å². The Balaban J connectivity index is 1.66. The number of ether oxygens (including phenoxy) is 2. The minimum atomic E-state index is -0.632. The summed E-state index contributed by atoms with van der Waals surface area (Å²) in [6.45, 7) is 2.57. The Bertz CT molecular complexity index is 879. The Labute approximate surface area is 175 Å². The quantitative estimate of drug-likeness (QED) is 0.668. The van der Waals surface area contributed by atoms with E-state index in [0.29, 0.717) is 28.7 Å². The van der Waals surface area contributed by atoms with Gasteiger partial charge in [0.25, 0.3) is 5.91 Å². The molecule has 6 nitrogen and oxygen atoms in total. The second kappa shape index (κ2) is 9.18. The molecule has 154 valence electrons. The van der Waals surface area contributed by atoms with Crippen molar-refractivity contribution in [2.45, 2.75) is 38.0 Å². The summed E-state index contributed by atoms with van der Waals surface area (Å²) >= 11 is 5.96. The average molecular weight is 417 g/mol. The second-order valence-electron chi connectivity index (χ2n) is 7.06. The number of methoxy groups -OCH3 is 1. The molecule has 0 aromatic heterocycles. The highest BCUT2D eigenvalue weighted by Crippen LogP contribution is 2.44. The van der Waals surface area contributed by atoms with Gasteiger partial charge < -0.3 is 9.47 Å². The van der Waals surface area contributed by atoms with Crippen molar-refractivity contribution in [1.29, 1.82) is 0 Å². The zero-order valence-corrected chi connectivity index (χ0v) is 17.3. The van der Waals surface area contributed by atoms with Crippen molar-refractivity contribution in [3.63, 3.8) is 0 Å². The summed E-state index contributed by atoms with van der Waals surface area (Å²) in [5, 5.41) is 0.622. The van der Waals surface area contributed by atoms with Gasteiger partial charge in [0.05, 0.1) is 19.1 Å². The van der Waals surface area contributed by atoms with Crippen LogP contribution in [0.4, 0.5) is 0 Å². The first-order valence-electron chi connectivity index (χ1n) is 9.68. The number of amides is 2. The third-order valence-corrected chi connectivity index (χ3v) is 5.47. The van der Waals surface area contributed by atoms with Crippen molar-refractivity contribution < 1.29 is 19.1 Å². The molecule has 1 aliphatic rings. The third kappa shape index (κ3) is 4.48. The molecule has 7 heteroatoms. The number of nitrogens with one attached hydrogen (secondary N) is 2. The lowest BCUT2D eigenvalue weighted by atomic mass is 9.64. The van der Waals surface area contributed by atoms with Crippen LogP contribution in [0.5, 0.6) is 11.5 Å². The summed E-state index contributed by atoms with van der Waals surface area (Å²) in [6.07, 6.45) is 3.29. The fraction of sp³-hybridized carbons (Fsp3) is 0.364. The van der Waals surface area contributed by atoms with Crippen molar-refractivity contribution >= 4 is 23.4 Å². The van der Waals surface area contributed by atoms with Crippen LogP contribution in [0, 0.1) is 0 Å². The van der Waals surface area contributed by atoms with E-state index in [1.165, 1.54) is 7.11 Å². The Hall–Kier alpha value is -2.73. The predicted molar refractivity (Wildman–Crippen MR) is 111 cm³/mol. The van der Waals surface area contributed by atoms with Crippen LogP contribution in [0.15, 0.2) is 42.5 Å². The number of hydrazine groups is 1. The van der Waals surface area contributed by atoms with Gasteiger partial charge in [-0.05, 0) is 55.2 Å². The fourth-order valence-corrected chi connectivity index (χ4v) is 3.52. The van der Waals surface area contributed by atoms with E-state index < -0.39 is 11.3 Å². The van der Waals surface area contributed by atoms with Crippen molar-refractivity contribution in [2.75, 3.05) is 13.7 Å². The first-order chi connectivity index (χ1) is 14.0. The summed E-state index contributed by atoms with van der Waals surface area (Å²) in [4.78, 5) is 25.4. The molecule has 2 aromatic carbocycles. The number of hydrogen-bond acceptors (Lipinski definition) is 4. The Morgan fingerprint density at radius 1 is 1.07 bits per heavy atom. The second-order valence-corrected chi connectivity index (χ2v) is 7.50. The first kappa shape index (κ1) is 21.0. The Morgan fingerprint density at radius 2 is 1.79 bits per heavy atom. The lowest BCUT2D eigenvalue weighted by molar-refractivity contribution is -0.130. The molecule has 0 unspecified atom stereocenters. The molecule has 0 heterocycles. The van der Waals surface area contributed by atoms with Crippen LogP contribution >= 0.6 is 11.6 Å². The van der Waals surface area contributed by atoms with Gasteiger partial charge in [-0.3, -0.25) is 20.4 Å². The van der Waals surface area contributed by atoms with E-state index >= 15 is 0 Å². The van der Waals surface area contributed by atoms with Crippen LogP contribution in [0.3, 0.4) is 0 Å². The minimum absolute atomic E-state index is 0.228. The minimum Gasteiger partial charge on any atom is -0.493 e. The van der Waals surface area contributed by atoms with E-state index in [4.69, 9.17) is 21.1 Å². The number of carbonyl (C=O) groups is 2. The van der Waals surface area contributed by atoms with E-state index in [2.05, 4.69) is 10.9 Å². The molecule has 1 aliphatic carbocycles. The first-order valence-corrected chi connectivity index (χ1v) is 10.1. The smallest absolute Gasteiger partial charge is 0.269 e. The predicted octanol–water partition coefficient (Wildman–Crippen LogP) is 4.02. The molecule has 1 fully saturated rings. The molecular formula is C22H25ClN2O4. The van der Waals surface area contributed by atoms with E-state index in [9.17, 15) is 9.59 Å². The number of hydrogen-bond donors (Lipinski definition) is 2. The monoisotopic (exact) mass is 416 g/mol. The maximum atomic E-state index is 12.9. The van der Waals surface area contributed by atoms with Crippen LogP contribution < -0.4 is 20.3 Å². The number of halogens is 1. The molecule has 1 saturated carbocycles. The molecule has 0 aliphatic heterocycles. The average Bonchev–Trinajstić information content (AvgIpc) is 2.70. The largest absolute Gasteiger partial charge is 0.493 e. The van der Waals surface area contributed by atoms with Gasteiger partial charge >= 0.3 is 0 Å². The van der Waals surface area contributed by atoms with Crippen molar-refractivity contribution in [3.05, 3.63) is 58.6 Å². The van der Waals surface area contributed by atoms with Gasteiger partial charge in [0.15, 0.2) is 11.5 Å². The molecule has 0 bridgehead atoms. The molecule has 0 atom stereocenters. The van der Waals surface area contributed by atoms with Crippen LogP contribution in [0.2, 0.25) is 5.02 Å². The third-order valence-electron chi connectivity index (χ3n) is 5.22. The molecule has 3 rings (SSSR count). The van der Waals surface area contributed by atoms with Gasteiger partial charge in [-0.25, -0.2) is 0 Å². The molecule has 29 heavy (non-hydrogen) atoms. The molecule has 0 saturated heterocycles. The van der Waals surface area contributed by atoms with Gasteiger partial charge in [-0.1, -0.05) is 37.1 Å². The Kier molecular flexibility index (Phi) is 6.64. The fourth-order valence-electron chi connectivity index (χ4n) is 3.39. The maximum absolute atomic E-state index is 12.9. The van der Waals surface area contributed by atoms with Crippen LogP contribution in [-0.4, -0.2) is 25.5 Å². The maximum Gasteiger partial charge on any atom is 0.269 e. The van der Waals surface area contributed by atoms with E-state index in [-0.39, 0.29) is 5.91 Å². The Morgan fingerprint density at radius 3 is 2.38 bits per heavy atom. The van der Waals surface area contributed by atoms with E-state index in [1.54, 1.807) is 30.3 Å². The van der Waals surface area contributed by atoms with Crippen LogP contribution in [-0.2, 0) is 10.2 Å². The van der Waals surface area contributed by atoms with Crippen molar-refractivity contribution in [2.24, 2.45) is 0 Å². The van der Waals surface area contributed by atoms with Gasteiger partial charge in [0.2, 0.25) is 5.91 Å². The molecule has 0 spiro atoms. The highest BCUT2D eigenvalue weighted by atomic mass is 35.5. The van der Waals surface area contributed by atoms with Gasteiger partial charge in [0, 0.05) is 10.6 Å². The number of benzene rings is 2. The number of rotatable bonds is 7. The summed E-state index contributed by atoms with van der Waals surface area (Å²) in [5.74, 6) is 0.388. The van der Waals surface area contributed by atoms with Gasteiger partial charge in [-0.15, -0.1) is 0 Å². The molecule has 2 N–H and O–H groups in total. The molecular weight excluding hydrogens is 392 g/mol. The van der Waals surface area contributed by atoms with Crippen LogP contribution in [0.25, 0.3) is 0 Å². The molecule has 2 amide bonds. The highest BCUT2D eigenvalue weighted by Gasteiger charge is 2.45. The lowest BCUT2D eigenvalue weighted by Crippen LogP contribution is -2.54. The standard InChI is InChI=1S/C22H25ClN2O4/c1-3-13-29-18-10-5-15(14-19(18)28-2)20(26)24-25-21(27)22(11-4-12-22)16-6-8-17(23)9-7-16/h5-10,14H,3-4,11-13H2,1-2H3,(H,24,26)(H,25,27).